The highest BCUT2D eigenvalue weighted by atomic mass is 79.9. The molecule has 0 aliphatic carbocycles. The van der Waals surface area contributed by atoms with Crippen LogP contribution in [0.3, 0.4) is 0 Å². The fourth-order valence-electron chi connectivity index (χ4n) is 1.68. The summed E-state index contributed by atoms with van der Waals surface area (Å²) in [5.41, 5.74) is -0.771. The fourth-order valence-corrected chi connectivity index (χ4v) is 2.01. The van der Waals surface area contributed by atoms with Gasteiger partial charge in [0.15, 0.2) is 23.2 Å². The van der Waals surface area contributed by atoms with Gasteiger partial charge in [-0.05, 0) is 46.3 Å². The Labute approximate surface area is 121 Å². The van der Waals surface area contributed by atoms with Crippen molar-refractivity contribution in [2.75, 3.05) is 7.11 Å². The lowest BCUT2D eigenvalue weighted by molar-refractivity contribution is 0.103. The van der Waals surface area contributed by atoms with Gasteiger partial charge in [-0.1, -0.05) is 0 Å². The average Bonchev–Trinajstić information content (AvgIpc) is 2.43. The highest BCUT2D eigenvalue weighted by Gasteiger charge is 2.22. The van der Waals surface area contributed by atoms with Gasteiger partial charge in [0.2, 0.25) is 0 Å². The van der Waals surface area contributed by atoms with Gasteiger partial charge >= 0.3 is 0 Å². The number of ketones is 1. The van der Waals surface area contributed by atoms with Crippen LogP contribution in [0, 0.1) is 17.5 Å². The van der Waals surface area contributed by atoms with Crippen molar-refractivity contribution in [1.29, 1.82) is 0 Å². The van der Waals surface area contributed by atoms with Gasteiger partial charge in [0.05, 0.1) is 17.1 Å². The Morgan fingerprint density at radius 1 is 1.10 bits per heavy atom. The van der Waals surface area contributed by atoms with Crippen LogP contribution >= 0.6 is 15.9 Å². The lowest BCUT2D eigenvalue weighted by atomic mass is 10.0. The van der Waals surface area contributed by atoms with Gasteiger partial charge < -0.3 is 4.74 Å². The average molecular weight is 345 g/mol. The topological polar surface area (TPSA) is 26.3 Å². The molecule has 0 atom stereocenters. The molecule has 20 heavy (non-hydrogen) atoms. The summed E-state index contributed by atoms with van der Waals surface area (Å²) in [4.78, 5) is 12.1. The van der Waals surface area contributed by atoms with E-state index in [2.05, 4.69) is 15.9 Å². The van der Waals surface area contributed by atoms with Crippen molar-refractivity contribution in [3.63, 3.8) is 0 Å². The van der Waals surface area contributed by atoms with Crippen LogP contribution in [0.5, 0.6) is 5.75 Å². The molecule has 0 bridgehead atoms. The number of benzene rings is 2. The maximum atomic E-state index is 13.8. The lowest BCUT2D eigenvalue weighted by Gasteiger charge is -2.08. The van der Waals surface area contributed by atoms with Crippen molar-refractivity contribution in [2.45, 2.75) is 0 Å². The Morgan fingerprint density at radius 2 is 1.75 bits per heavy atom. The van der Waals surface area contributed by atoms with E-state index in [1.54, 1.807) is 0 Å². The van der Waals surface area contributed by atoms with Gasteiger partial charge in [-0.3, -0.25) is 4.79 Å². The first kappa shape index (κ1) is 14.6. The summed E-state index contributed by atoms with van der Waals surface area (Å²) in [5.74, 6) is -3.72. The molecule has 0 saturated heterocycles. The second kappa shape index (κ2) is 5.66. The van der Waals surface area contributed by atoms with Gasteiger partial charge in [0, 0.05) is 5.56 Å². The summed E-state index contributed by atoms with van der Waals surface area (Å²) in [7, 11) is 1.23. The van der Waals surface area contributed by atoms with E-state index in [0.29, 0.717) is 0 Å². The van der Waals surface area contributed by atoms with E-state index in [-0.39, 0.29) is 15.8 Å². The molecule has 0 radical (unpaired) electrons. The Hall–Kier alpha value is -1.82. The predicted octanol–water partition coefficient (Wildman–Crippen LogP) is 4.11. The smallest absolute Gasteiger partial charge is 0.199 e. The maximum Gasteiger partial charge on any atom is 0.199 e. The number of ether oxygens (including phenoxy) is 1. The quantitative estimate of drug-likeness (QED) is 0.618. The third kappa shape index (κ3) is 2.56. The van der Waals surface area contributed by atoms with E-state index < -0.39 is 28.8 Å². The zero-order valence-electron chi connectivity index (χ0n) is 10.2. The van der Waals surface area contributed by atoms with E-state index in [0.717, 1.165) is 30.3 Å². The van der Waals surface area contributed by atoms with Crippen molar-refractivity contribution >= 4 is 21.7 Å². The van der Waals surface area contributed by atoms with Crippen LogP contribution in [0.1, 0.15) is 15.9 Å². The normalized spacial score (nSPS) is 10.4. The van der Waals surface area contributed by atoms with Crippen molar-refractivity contribution in [2.24, 2.45) is 0 Å². The highest BCUT2D eigenvalue weighted by Crippen LogP contribution is 2.26. The highest BCUT2D eigenvalue weighted by molar-refractivity contribution is 9.10. The summed E-state index contributed by atoms with van der Waals surface area (Å²) in [5, 5.41) is 0. The number of methoxy groups -OCH3 is 1. The molecule has 0 aliphatic heterocycles. The monoisotopic (exact) mass is 344 g/mol. The Balaban J connectivity index is 2.55. The first-order chi connectivity index (χ1) is 9.45. The molecule has 2 rings (SSSR count). The Bertz CT molecular complexity index is 686. The first-order valence-electron chi connectivity index (χ1n) is 5.47. The predicted molar refractivity (Wildman–Crippen MR) is 70.4 cm³/mol. The molecular weight excluding hydrogens is 337 g/mol. The maximum absolute atomic E-state index is 13.8. The number of carbonyl (C=O) groups is 1. The second-order valence-electron chi connectivity index (χ2n) is 3.90. The van der Waals surface area contributed by atoms with Crippen molar-refractivity contribution in [3.05, 3.63) is 63.4 Å². The SMILES string of the molecule is COc1cc(C(=O)c2c(F)ccc(Br)c2F)ccc1F. The van der Waals surface area contributed by atoms with Crippen LogP contribution in [0.15, 0.2) is 34.8 Å². The van der Waals surface area contributed by atoms with Gasteiger partial charge in [0.1, 0.15) is 5.82 Å². The van der Waals surface area contributed by atoms with E-state index >= 15 is 0 Å². The van der Waals surface area contributed by atoms with Crippen LogP contribution in [0.2, 0.25) is 0 Å². The van der Waals surface area contributed by atoms with Crippen molar-refractivity contribution in [1.82, 2.24) is 0 Å². The third-order valence-corrected chi connectivity index (χ3v) is 3.30. The molecule has 0 aliphatic rings. The molecule has 104 valence electrons. The van der Waals surface area contributed by atoms with Gasteiger partial charge in [-0.25, -0.2) is 13.2 Å². The number of carbonyl (C=O) groups excluding carboxylic acids is 1. The summed E-state index contributed by atoms with van der Waals surface area (Å²) >= 11 is 2.88. The lowest BCUT2D eigenvalue weighted by Crippen LogP contribution is -2.08. The van der Waals surface area contributed by atoms with Crippen LogP contribution in [-0.2, 0) is 0 Å². The molecule has 0 N–H and O–H groups in total. The molecule has 2 aromatic rings. The molecular formula is C14H8BrF3O2. The van der Waals surface area contributed by atoms with E-state index in [1.807, 2.05) is 0 Å². The molecule has 0 spiro atoms. The van der Waals surface area contributed by atoms with Gasteiger partial charge in [-0.15, -0.1) is 0 Å². The number of hydrogen-bond acceptors (Lipinski definition) is 2. The number of rotatable bonds is 3. The Morgan fingerprint density at radius 3 is 2.40 bits per heavy atom. The fraction of sp³-hybridized carbons (Fsp3) is 0.0714. The standard InChI is InChI=1S/C14H8BrF3O2/c1-20-11-6-7(2-4-9(11)16)14(19)12-10(17)5-3-8(15)13(12)18/h2-6H,1H3. The molecule has 0 fully saturated rings. The minimum absolute atomic E-state index is 0.0312. The molecule has 2 nitrogen and oxygen atoms in total. The second-order valence-corrected chi connectivity index (χ2v) is 4.75. The molecule has 0 saturated carbocycles. The summed E-state index contributed by atoms with van der Waals surface area (Å²) in [6, 6.07) is 5.37. The van der Waals surface area contributed by atoms with Crippen molar-refractivity contribution < 1.29 is 22.7 Å². The minimum atomic E-state index is -1.00. The van der Waals surface area contributed by atoms with E-state index in [9.17, 15) is 18.0 Å². The Kier molecular flexibility index (Phi) is 4.13. The summed E-state index contributed by atoms with van der Waals surface area (Å²) in [6.07, 6.45) is 0. The largest absolute Gasteiger partial charge is 0.494 e. The van der Waals surface area contributed by atoms with Crippen LogP contribution in [0.4, 0.5) is 13.2 Å². The molecule has 2 aromatic carbocycles. The van der Waals surface area contributed by atoms with E-state index in [1.165, 1.54) is 7.11 Å². The molecule has 6 heteroatoms. The first-order valence-corrected chi connectivity index (χ1v) is 6.26. The molecule has 0 amide bonds. The molecule has 0 aromatic heterocycles. The minimum Gasteiger partial charge on any atom is -0.494 e. The molecule has 0 unspecified atom stereocenters. The van der Waals surface area contributed by atoms with Crippen molar-refractivity contribution in [3.8, 4) is 5.75 Å². The zero-order chi connectivity index (χ0) is 14.9. The summed E-state index contributed by atoms with van der Waals surface area (Å²) in [6.45, 7) is 0. The van der Waals surface area contributed by atoms with Gasteiger partial charge in [-0.2, -0.15) is 0 Å². The summed E-state index contributed by atoms with van der Waals surface area (Å²) < 4.78 is 45.5. The van der Waals surface area contributed by atoms with Gasteiger partial charge in [0.25, 0.3) is 0 Å². The third-order valence-electron chi connectivity index (χ3n) is 2.68. The van der Waals surface area contributed by atoms with Crippen LogP contribution in [-0.4, -0.2) is 12.9 Å². The number of hydrogen-bond donors (Lipinski definition) is 0. The zero-order valence-corrected chi connectivity index (χ0v) is 11.8. The van der Waals surface area contributed by atoms with Crippen LogP contribution in [0.25, 0.3) is 0 Å². The number of halogens is 4. The van der Waals surface area contributed by atoms with E-state index in [4.69, 9.17) is 4.74 Å². The van der Waals surface area contributed by atoms with Crippen LogP contribution < -0.4 is 4.74 Å². The molecule has 0 heterocycles.